The summed E-state index contributed by atoms with van der Waals surface area (Å²) in [4.78, 5) is 0. The molecule has 0 amide bonds. The number of nitrogens with one attached hydrogen (secondary N) is 1. The average Bonchev–Trinajstić information content (AvgIpc) is 2.41. The van der Waals surface area contributed by atoms with Crippen molar-refractivity contribution in [2.45, 2.75) is 6.92 Å². The van der Waals surface area contributed by atoms with E-state index >= 15 is 0 Å². The Morgan fingerprint density at radius 3 is 2.43 bits per heavy atom. The van der Waals surface area contributed by atoms with Crippen LogP contribution in [0.2, 0.25) is 5.02 Å². The van der Waals surface area contributed by atoms with Crippen molar-refractivity contribution in [1.82, 2.24) is 0 Å². The SMILES string of the molecule is Cc1cc(F)ccc1NS(=O)(=O)/C=C/c1ccc(Cl)cc1. The van der Waals surface area contributed by atoms with Crippen molar-refractivity contribution in [3.8, 4) is 0 Å². The molecule has 0 spiro atoms. The molecule has 0 bridgehead atoms. The van der Waals surface area contributed by atoms with E-state index in [1.54, 1.807) is 31.2 Å². The van der Waals surface area contributed by atoms with Crippen molar-refractivity contribution in [2.75, 3.05) is 4.72 Å². The van der Waals surface area contributed by atoms with Crippen molar-refractivity contribution in [1.29, 1.82) is 0 Å². The van der Waals surface area contributed by atoms with Gasteiger partial charge >= 0.3 is 0 Å². The molecule has 0 unspecified atom stereocenters. The number of aryl methyl sites for hydroxylation is 1. The molecule has 0 aliphatic rings. The number of hydrogen-bond donors (Lipinski definition) is 1. The van der Waals surface area contributed by atoms with Gasteiger partial charge in [0, 0.05) is 5.02 Å². The van der Waals surface area contributed by atoms with Crippen molar-refractivity contribution in [3.05, 3.63) is 69.8 Å². The van der Waals surface area contributed by atoms with Crippen LogP contribution >= 0.6 is 11.6 Å². The number of anilines is 1. The van der Waals surface area contributed by atoms with Crippen LogP contribution in [-0.4, -0.2) is 8.42 Å². The highest BCUT2D eigenvalue weighted by Gasteiger charge is 2.08. The molecule has 0 radical (unpaired) electrons. The fraction of sp³-hybridized carbons (Fsp3) is 0.0667. The third-order valence-corrected chi connectivity index (χ3v) is 4.00. The highest BCUT2D eigenvalue weighted by Crippen LogP contribution is 2.18. The lowest BCUT2D eigenvalue weighted by Crippen LogP contribution is -2.10. The van der Waals surface area contributed by atoms with E-state index in [1.807, 2.05) is 0 Å². The van der Waals surface area contributed by atoms with Crippen molar-refractivity contribution in [2.24, 2.45) is 0 Å². The molecular formula is C15H13ClFNO2S. The maximum Gasteiger partial charge on any atom is 0.255 e. The Labute approximate surface area is 128 Å². The standard InChI is InChI=1S/C15H13ClFNO2S/c1-11-10-14(17)6-7-15(11)18-21(19,20)9-8-12-2-4-13(16)5-3-12/h2-10,18H,1H3/b9-8+. The third kappa shape index (κ3) is 4.58. The minimum Gasteiger partial charge on any atom is -0.280 e. The smallest absolute Gasteiger partial charge is 0.255 e. The summed E-state index contributed by atoms with van der Waals surface area (Å²) in [6, 6.07) is 10.6. The van der Waals surface area contributed by atoms with E-state index in [0.29, 0.717) is 21.8 Å². The molecule has 0 aromatic heterocycles. The molecule has 2 rings (SSSR count). The molecular weight excluding hydrogens is 313 g/mol. The molecule has 0 fully saturated rings. The predicted octanol–water partition coefficient (Wildman–Crippen LogP) is 4.20. The summed E-state index contributed by atoms with van der Waals surface area (Å²) in [7, 11) is -3.66. The third-order valence-electron chi connectivity index (χ3n) is 2.75. The van der Waals surface area contributed by atoms with E-state index in [1.165, 1.54) is 24.3 Å². The Morgan fingerprint density at radius 1 is 1.14 bits per heavy atom. The first-order chi connectivity index (χ1) is 9.85. The van der Waals surface area contributed by atoms with Crippen molar-refractivity contribution in [3.63, 3.8) is 0 Å². The lowest BCUT2D eigenvalue weighted by molar-refractivity contribution is 0.609. The van der Waals surface area contributed by atoms with Gasteiger partial charge in [-0.25, -0.2) is 12.8 Å². The normalized spacial score (nSPS) is 11.8. The van der Waals surface area contributed by atoms with E-state index in [0.717, 1.165) is 5.41 Å². The van der Waals surface area contributed by atoms with Gasteiger partial charge in [-0.05, 0) is 54.5 Å². The summed E-state index contributed by atoms with van der Waals surface area (Å²) in [6.07, 6.45) is 1.46. The van der Waals surface area contributed by atoms with Crippen LogP contribution in [0.4, 0.5) is 10.1 Å². The van der Waals surface area contributed by atoms with E-state index in [-0.39, 0.29) is 0 Å². The highest BCUT2D eigenvalue weighted by atomic mass is 35.5. The number of hydrogen-bond acceptors (Lipinski definition) is 2. The number of sulfonamides is 1. The van der Waals surface area contributed by atoms with Crippen LogP contribution in [0.3, 0.4) is 0 Å². The summed E-state index contributed by atoms with van der Waals surface area (Å²) < 4.78 is 39.3. The fourth-order valence-corrected chi connectivity index (χ4v) is 2.74. The van der Waals surface area contributed by atoms with Crippen LogP contribution < -0.4 is 4.72 Å². The highest BCUT2D eigenvalue weighted by molar-refractivity contribution is 7.95. The maximum absolute atomic E-state index is 13.0. The van der Waals surface area contributed by atoms with Crippen LogP contribution in [0.5, 0.6) is 0 Å². The van der Waals surface area contributed by atoms with Crippen molar-refractivity contribution >= 4 is 33.4 Å². The molecule has 21 heavy (non-hydrogen) atoms. The number of rotatable bonds is 4. The van der Waals surface area contributed by atoms with E-state index in [4.69, 9.17) is 11.6 Å². The molecule has 0 aliphatic heterocycles. The molecule has 0 heterocycles. The summed E-state index contributed by atoms with van der Waals surface area (Å²) in [5.74, 6) is -0.410. The Balaban J connectivity index is 2.16. The monoisotopic (exact) mass is 325 g/mol. The quantitative estimate of drug-likeness (QED) is 0.915. The first-order valence-corrected chi connectivity index (χ1v) is 8.01. The fourth-order valence-electron chi connectivity index (χ4n) is 1.67. The molecule has 110 valence electrons. The summed E-state index contributed by atoms with van der Waals surface area (Å²) in [5.41, 5.74) is 1.57. The van der Waals surface area contributed by atoms with Crippen LogP contribution in [0.1, 0.15) is 11.1 Å². The Bertz CT molecular complexity index is 771. The zero-order valence-electron chi connectivity index (χ0n) is 11.2. The molecule has 0 saturated carbocycles. The van der Waals surface area contributed by atoms with Crippen LogP contribution in [-0.2, 0) is 10.0 Å². The molecule has 0 aliphatic carbocycles. The van der Waals surface area contributed by atoms with Gasteiger partial charge in [-0.3, -0.25) is 4.72 Å². The summed E-state index contributed by atoms with van der Waals surface area (Å²) >= 11 is 5.75. The molecule has 3 nitrogen and oxygen atoms in total. The van der Waals surface area contributed by atoms with Gasteiger partial charge in [0.1, 0.15) is 5.82 Å². The molecule has 0 atom stereocenters. The molecule has 2 aromatic carbocycles. The molecule has 0 saturated heterocycles. The first kappa shape index (κ1) is 15.5. The van der Waals surface area contributed by atoms with Crippen molar-refractivity contribution < 1.29 is 12.8 Å². The van der Waals surface area contributed by atoms with Gasteiger partial charge in [0.15, 0.2) is 0 Å². The maximum atomic E-state index is 13.0. The first-order valence-electron chi connectivity index (χ1n) is 6.08. The van der Waals surface area contributed by atoms with Gasteiger partial charge in [-0.1, -0.05) is 23.7 Å². The lowest BCUT2D eigenvalue weighted by Gasteiger charge is -2.07. The Morgan fingerprint density at radius 2 is 1.81 bits per heavy atom. The molecule has 2 aromatic rings. The van der Waals surface area contributed by atoms with Gasteiger partial charge < -0.3 is 0 Å². The van der Waals surface area contributed by atoms with E-state index < -0.39 is 15.8 Å². The van der Waals surface area contributed by atoms with E-state index in [9.17, 15) is 12.8 Å². The van der Waals surface area contributed by atoms with Crippen LogP contribution in [0, 0.1) is 12.7 Å². The van der Waals surface area contributed by atoms with Gasteiger partial charge in [-0.2, -0.15) is 0 Å². The van der Waals surface area contributed by atoms with Gasteiger partial charge in [0.05, 0.1) is 11.1 Å². The van der Waals surface area contributed by atoms with Gasteiger partial charge in [0.25, 0.3) is 10.0 Å². The lowest BCUT2D eigenvalue weighted by atomic mass is 10.2. The number of halogens is 2. The van der Waals surface area contributed by atoms with Crippen LogP contribution in [0.15, 0.2) is 47.9 Å². The van der Waals surface area contributed by atoms with Gasteiger partial charge in [-0.15, -0.1) is 0 Å². The number of benzene rings is 2. The Kier molecular flexibility index (Phi) is 4.65. The minimum absolute atomic E-state index is 0.345. The summed E-state index contributed by atoms with van der Waals surface area (Å²) in [6.45, 7) is 1.63. The zero-order valence-corrected chi connectivity index (χ0v) is 12.7. The predicted molar refractivity (Wildman–Crippen MR) is 84.2 cm³/mol. The molecule has 6 heteroatoms. The largest absolute Gasteiger partial charge is 0.280 e. The molecule has 1 N–H and O–H groups in total. The second-order valence-corrected chi connectivity index (χ2v) is 6.46. The summed E-state index contributed by atoms with van der Waals surface area (Å²) in [5, 5.41) is 1.63. The van der Waals surface area contributed by atoms with Gasteiger partial charge in [0.2, 0.25) is 0 Å². The Hall–Kier alpha value is -1.85. The average molecular weight is 326 g/mol. The zero-order chi connectivity index (χ0) is 15.5. The van der Waals surface area contributed by atoms with Crippen LogP contribution in [0.25, 0.3) is 6.08 Å². The second kappa shape index (κ2) is 6.28. The topological polar surface area (TPSA) is 46.2 Å². The van der Waals surface area contributed by atoms with E-state index in [2.05, 4.69) is 4.72 Å². The minimum atomic E-state index is -3.66. The second-order valence-electron chi connectivity index (χ2n) is 4.46.